The number of carbonyl (C=O) groups is 1. The Bertz CT molecular complexity index is 992. The van der Waals surface area contributed by atoms with Gasteiger partial charge in [-0.2, -0.15) is 12.7 Å². The van der Waals surface area contributed by atoms with Crippen LogP contribution in [0.1, 0.15) is 11.3 Å². The third-order valence-electron chi connectivity index (χ3n) is 4.72. The average Bonchev–Trinajstić information content (AvgIpc) is 2.65. The molecule has 0 radical (unpaired) electrons. The maximum absolute atomic E-state index is 14.7. The second-order valence-electron chi connectivity index (χ2n) is 6.76. The van der Waals surface area contributed by atoms with Crippen molar-refractivity contribution in [1.82, 2.24) is 14.2 Å². The molecule has 156 valence electrons. The van der Waals surface area contributed by atoms with E-state index in [-0.39, 0.29) is 25.3 Å². The van der Waals surface area contributed by atoms with Gasteiger partial charge in [-0.15, -0.1) is 0 Å². The Hall–Kier alpha value is -2.60. The van der Waals surface area contributed by atoms with Crippen LogP contribution in [0.5, 0.6) is 0 Å². The Morgan fingerprint density at radius 2 is 1.86 bits per heavy atom. The van der Waals surface area contributed by atoms with Crippen molar-refractivity contribution in [3.8, 4) is 0 Å². The number of piperazine rings is 1. The molecule has 2 heterocycles. The van der Waals surface area contributed by atoms with Crippen LogP contribution in [0.3, 0.4) is 0 Å². The van der Waals surface area contributed by atoms with Crippen molar-refractivity contribution in [2.75, 3.05) is 31.1 Å². The maximum Gasteiger partial charge on any atom is 0.335 e. The van der Waals surface area contributed by atoms with Gasteiger partial charge in [0.15, 0.2) is 0 Å². The van der Waals surface area contributed by atoms with Gasteiger partial charge < -0.3 is 5.73 Å². The number of carbonyl (C=O) groups excluding carboxylic acids is 1. The molecule has 3 rings (SSSR count). The van der Waals surface area contributed by atoms with Gasteiger partial charge in [-0.05, 0) is 31.2 Å². The Morgan fingerprint density at radius 1 is 1.21 bits per heavy atom. The fourth-order valence-electron chi connectivity index (χ4n) is 3.16. The van der Waals surface area contributed by atoms with Crippen molar-refractivity contribution in [2.24, 2.45) is 5.73 Å². The van der Waals surface area contributed by atoms with Gasteiger partial charge in [0, 0.05) is 44.0 Å². The second-order valence-corrected chi connectivity index (χ2v) is 8.17. The smallest absolute Gasteiger partial charge is 0.335 e. The number of primary amides is 1. The molecular weight excluding hydrogens is 401 g/mol. The predicted octanol–water partition coefficient (Wildman–Crippen LogP) is 1.67. The van der Waals surface area contributed by atoms with Gasteiger partial charge in [0.25, 0.3) is 0 Å². The number of hydrogen-bond donors (Lipinski definition) is 2. The molecule has 1 saturated heterocycles. The van der Waals surface area contributed by atoms with Crippen LogP contribution in [-0.2, 0) is 16.8 Å². The van der Waals surface area contributed by atoms with Crippen LogP contribution in [0.2, 0.25) is 0 Å². The summed E-state index contributed by atoms with van der Waals surface area (Å²) in [6.07, 6.45) is 1.49. The lowest BCUT2D eigenvalue weighted by Gasteiger charge is -2.32. The zero-order chi connectivity index (χ0) is 21.2. The summed E-state index contributed by atoms with van der Waals surface area (Å²) >= 11 is 0. The van der Waals surface area contributed by atoms with Crippen LogP contribution >= 0.6 is 0 Å². The van der Waals surface area contributed by atoms with Gasteiger partial charge in [-0.25, -0.2) is 9.18 Å². The monoisotopic (exact) mass is 423 g/mol. The van der Waals surface area contributed by atoms with Crippen LogP contribution in [0.4, 0.5) is 20.6 Å². The lowest BCUT2D eigenvalue weighted by molar-refractivity contribution is 0.172. The highest BCUT2D eigenvalue weighted by molar-refractivity contribution is 7.83. The molecule has 9 nitrogen and oxygen atoms in total. The van der Waals surface area contributed by atoms with E-state index in [1.54, 1.807) is 24.3 Å². The SMILES string of the molecule is Cc1ccc(N(C(N)=O)c2ccc(CN3CCN(S(=O)(=O)O)CC3)c(F)c2)cn1. The standard InChI is InChI=1S/C18H22FN5O4S/c1-13-2-4-16(11-21-13)24(18(20)25)15-5-3-14(17(19)10-15)12-22-6-8-23(9-7-22)29(26,27)28/h2-5,10-11H,6-9,12H2,1H3,(H2,20,25)(H,26,27,28). The number of amides is 2. The number of urea groups is 1. The molecule has 3 N–H and O–H groups in total. The lowest BCUT2D eigenvalue weighted by Crippen LogP contribution is -2.48. The maximum atomic E-state index is 14.7. The molecule has 1 aliphatic heterocycles. The van der Waals surface area contributed by atoms with Gasteiger partial charge in [-0.1, -0.05) is 6.07 Å². The molecular formula is C18H22FN5O4S. The lowest BCUT2D eigenvalue weighted by atomic mass is 10.1. The summed E-state index contributed by atoms with van der Waals surface area (Å²) in [4.78, 5) is 19.1. The van der Waals surface area contributed by atoms with E-state index < -0.39 is 22.2 Å². The van der Waals surface area contributed by atoms with E-state index in [1.165, 1.54) is 17.2 Å². The molecule has 2 amide bonds. The number of hydrogen-bond acceptors (Lipinski definition) is 5. The summed E-state index contributed by atoms with van der Waals surface area (Å²) in [5.41, 5.74) is 7.36. The van der Waals surface area contributed by atoms with Gasteiger partial charge in [0.1, 0.15) is 5.82 Å². The Balaban J connectivity index is 1.74. The first-order chi connectivity index (χ1) is 13.6. The van der Waals surface area contributed by atoms with Crippen molar-refractivity contribution in [2.45, 2.75) is 13.5 Å². The number of rotatable bonds is 5. The molecule has 0 spiro atoms. The second kappa shape index (κ2) is 8.41. The van der Waals surface area contributed by atoms with Crippen molar-refractivity contribution in [3.05, 3.63) is 53.6 Å². The zero-order valence-corrected chi connectivity index (χ0v) is 16.6. The first kappa shape index (κ1) is 21.1. The molecule has 0 aliphatic carbocycles. The number of nitrogens with zero attached hydrogens (tertiary/aromatic N) is 4. The van der Waals surface area contributed by atoms with Crippen molar-refractivity contribution < 1.29 is 22.2 Å². The first-order valence-corrected chi connectivity index (χ1v) is 10.3. The van der Waals surface area contributed by atoms with E-state index in [9.17, 15) is 17.6 Å². The summed E-state index contributed by atoms with van der Waals surface area (Å²) < 4.78 is 47.1. The molecule has 0 bridgehead atoms. The molecule has 1 aromatic heterocycles. The van der Waals surface area contributed by atoms with Crippen LogP contribution in [-0.4, -0.2) is 59.4 Å². The quantitative estimate of drug-likeness (QED) is 0.706. The van der Waals surface area contributed by atoms with Crippen LogP contribution in [0.25, 0.3) is 0 Å². The fourth-order valence-corrected chi connectivity index (χ4v) is 3.78. The number of nitrogens with two attached hydrogens (primary N) is 1. The summed E-state index contributed by atoms with van der Waals surface area (Å²) in [7, 11) is -4.20. The number of aryl methyl sites for hydroxylation is 1. The summed E-state index contributed by atoms with van der Waals surface area (Å²) in [6.45, 7) is 3.08. The summed E-state index contributed by atoms with van der Waals surface area (Å²) in [5, 5.41) is 0. The van der Waals surface area contributed by atoms with Crippen molar-refractivity contribution in [1.29, 1.82) is 0 Å². The summed E-state index contributed by atoms with van der Waals surface area (Å²) in [6, 6.07) is 7.03. The zero-order valence-electron chi connectivity index (χ0n) is 15.8. The van der Waals surface area contributed by atoms with E-state index in [0.717, 1.165) is 10.00 Å². The van der Waals surface area contributed by atoms with Crippen molar-refractivity contribution >= 4 is 27.7 Å². The number of anilines is 2. The number of aromatic nitrogens is 1. The largest absolute Gasteiger partial charge is 0.351 e. The Kier molecular flexibility index (Phi) is 6.13. The third kappa shape index (κ3) is 5.07. The third-order valence-corrected chi connectivity index (χ3v) is 5.74. The van der Waals surface area contributed by atoms with Crippen LogP contribution in [0, 0.1) is 12.7 Å². The van der Waals surface area contributed by atoms with E-state index in [4.69, 9.17) is 10.3 Å². The van der Waals surface area contributed by atoms with E-state index in [0.29, 0.717) is 24.3 Å². The predicted molar refractivity (Wildman–Crippen MR) is 105 cm³/mol. The number of halogens is 1. The minimum atomic E-state index is -4.20. The Labute approximate surface area is 168 Å². The highest BCUT2D eigenvalue weighted by Gasteiger charge is 2.25. The first-order valence-electron chi connectivity index (χ1n) is 8.90. The molecule has 0 saturated carbocycles. The molecule has 1 fully saturated rings. The van der Waals surface area contributed by atoms with E-state index >= 15 is 0 Å². The van der Waals surface area contributed by atoms with Crippen LogP contribution in [0.15, 0.2) is 36.5 Å². The topological polar surface area (TPSA) is 120 Å². The van der Waals surface area contributed by atoms with Gasteiger partial charge in [0.2, 0.25) is 0 Å². The molecule has 0 atom stereocenters. The fraction of sp³-hybridized carbons (Fsp3) is 0.333. The van der Waals surface area contributed by atoms with E-state index in [2.05, 4.69) is 4.98 Å². The minimum absolute atomic E-state index is 0.133. The average molecular weight is 423 g/mol. The normalized spacial score (nSPS) is 16.0. The molecule has 1 aliphatic rings. The molecule has 29 heavy (non-hydrogen) atoms. The molecule has 0 unspecified atom stereocenters. The van der Waals surface area contributed by atoms with Crippen LogP contribution < -0.4 is 10.6 Å². The number of benzene rings is 1. The number of pyridine rings is 1. The molecule has 2 aromatic rings. The van der Waals surface area contributed by atoms with Gasteiger partial charge in [0.05, 0.1) is 17.6 Å². The Morgan fingerprint density at radius 3 is 2.38 bits per heavy atom. The molecule has 11 heteroatoms. The van der Waals surface area contributed by atoms with E-state index in [1.807, 2.05) is 11.8 Å². The molecule has 1 aromatic carbocycles. The highest BCUT2D eigenvalue weighted by Crippen LogP contribution is 2.27. The van der Waals surface area contributed by atoms with Gasteiger partial charge >= 0.3 is 16.3 Å². The highest BCUT2D eigenvalue weighted by atomic mass is 32.2. The minimum Gasteiger partial charge on any atom is -0.351 e. The van der Waals surface area contributed by atoms with Gasteiger partial charge in [-0.3, -0.25) is 19.3 Å². The van der Waals surface area contributed by atoms with Crippen molar-refractivity contribution in [3.63, 3.8) is 0 Å². The summed E-state index contributed by atoms with van der Waals surface area (Å²) in [5.74, 6) is -0.508.